The summed E-state index contributed by atoms with van der Waals surface area (Å²) >= 11 is 0. The number of benzene rings is 1. The number of nitrogens with one attached hydrogen (secondary N) is 2. The molecule has 3 rings (SSSR count). The Bertz CT molecular complexity index is 801. The van der Waals surface area contributed by atoms with Crippen molar-refractivity contribution in [3.8, 4) is 5.69 Å². The van der Waals surface area contributed by atoms with Crippen LogP contribution in [-0.4, -0.2) is 37.9 Å². The number of nitrogens with zero attached hydrogens (tertiary/aromatic N) is 4. The number of furan rings is 1. The van der Waals surface area contributed by atoms with Gasteiger partial charge in [0.25, 0.3) is 0 Å². The standard InChI is InChI=1S/C15H16N6O3/c1-10-4-5-11(7-12(10)21-9-17-19-20-21)18-15(23)16-8-13(22)14-3-2-6-24-14/h2-7,9,13,22H,8H2,1H3,(H2,16,18,23). The maximum absolute atomic E-state index is 12.0. The lowest BCUT2D eigenvalue weighted by molar-refractivity contribution is 0.149. The molecule has 1 unspecified atom stereocenters. The molecule has 0 bridgehead atoms. The largest absolute Gasteiger partial charge is 0.467 e. The molecule has 1 aromatic carbocycles. The van der Waals surface area contributed by atoms with E-state index in [0.29, 0.717) is 11.4 Å². The van der Waals surface area contributed by atoms with Crippen molar-refractivity contribution in [2.75, 3.05) is 11.9 Å². The van der Waals surface area contributed by atoms with Crippen molar-refractivity contribution in [3.63, 3.8) is 0 Å². The van der Waals surface area contributed by atoms with E-state index in [0.717, 1.165) is 11.3 Å². The number of carbonyl (C=O) groups is 1. The van der Waals surface area contributed by atoms with Crippen LogP contribution in [0.1, 0.15) is 17.4 Å². The minimum absolute atomic E-state index is 0.0328. The number of amides is 2. The number of aromatic nitrogens is 4. The Morgan fingerprint density at radius 1 is 1.42 bits per heavy atom. The van der Waals surface area contributed by atoms with E-state index in [1.165, 1.54) is 17.3 Å². The van der Waals surface area contributed by atoms with Gasteiger partial charge in [0.1, 0.15) is 18.2 Å². The number of aliphatic hydroxyl groups is 1. The zero-order valence-corrected chi connectivity index (χ0v) is 12.9. The van der Waals surface area contributed by atoms with Gasteiger partial charge < -0.3 is 20.2 Å². The van der Waals surface area contributed by atoms with Crippen molar-refractivity contribution in [2.24, 2.45) is 0 Å². The van der Waals surface area contributed by atoms with Gasteiger partial charge in [-0.25, -0.2) is 9.48 Å². The van der Waals surface area contributed by atoms with Gasteiger partial charge >= 0.3 is 6.03 Å². The van der Waals surface area contributed by atoms with E-state index in [1.807, 2.05) is 13.0 Å². The number of aryl methyl sites for hydroxylation is 1. The molecule has 124 valence electrons. The van der Waals surface area contributed by atoms with Gasteiger partial charge in [-0.1, -0.05) is 6.07 Å². The van der Waals surface area contributed by atoms with Crippen molar-refractivity contribution in [3.05, 3.63) is 54.2 Å². The first-order chi connectivity index (χ1) is 11.6. The van der Waals surface area contributed by atoms with Crippen LogP contribution in [0.2, 0.25) is 0 Å². The van der Waals surface area contributed by atoms with Crippen LogP contribution >= 0.6 is 0 Å². The molecule has 0 aliphatic heterocycles. The highest BCUT2D eigenvalue weighted by atomic mass is 16.4. The second-order valence-corrected chi connectivity index (χ2v) is 5.12. The number of carbonyl (C=O) groups excluding carboxylic acids is 1. The first-order valence-electron chi connectivity index (χ1n) is 7.24. The summed E-state index contributed by atoms with van der Waals surface area (Å²) in [5.74, 6) is 0.395. The molecule has 2 aromatic heterocycles. The molecular weight excluding hydrogens is 312 g/mol. The van der Waals surface area contributed by atoms with Crippen molar-refractivity contribution >= 4 is 11.7 Å². The van der Waals surface area contributed by atoms with E-state index >= 15 is 0 Å². The molecule has 0 saturated carbocycles. The first kappa shape index (κ1) is 15.7. The third-order valence-electron chi connectivity index (χ3n) is 3.39. The van der Waals surface area contributed by atoms with E-state index in [2.05, 4.69) is 26.2 Å². The Balaban J connectivity index is 1.61. The molecule has 3 aromatic rings. The Labute approximate surface area is 137 Å². The van der Waals surface area contributed by atoms with Crippen LogP contribution in [0.25, 0.3) is 5.69 Å². The van der Waals surface area contributed by atoms with E-state index in [9.17, 15) is 9.90 Å². The van der Waals surface area contributed by atoms with Crippen LogP contribution in [-0.2, 0) is 0 Å². The van der Waals surface area contributed by atoms with Crippen LogP contribution in [0.15, 0.2) is 47.3 Å². The van der Waals surface area contributed by atoms with Gasteiger partial charge in [0.05, 0.1) is 18.5 Å². The van der Waals surface area contributed by atoms with Crippen molar-refractivity contribution < 1.29 is 14.3 Å². The van der Waals surface area contributed by atoms with E-state index < -0.39 is 12.1 Å². The second kappa shape index (κ2) is 6.92. The normalized spacial score (nSPS) is 11.9. The Hall–Kier alpha value is -3.20. The summed E-state index contributed by atoms with van der Waals surface area (Å²) in [5, 5.41) is 26.2. The molecule has 0 aliphatic carbocycles. The number of hydrogen-bond donors (Lipinski definition) is 3. The van der Waals surface area contributed by atoms with Crippen LogP contribution in [0, 0.1) is 6.92 Å². The summed E-state index contributed by atoms with van der Waals surface area (Å²) < 4.78 is 6.59. The Morgan fingerprint density at radius 2 is 2.29 bits per heavy atom. The molecule has 0 spiro atoms. The van der Waals surface area contributed by atoms with Gasteiger partial charge in [0.15, 0.2) is 0 Å². The average Bonchev–Trinajstić information content (AvgIpc) is 3.27. The molecule has 2 heterocycles. The van der Waals surface area contributed by atoms with E-state index in [-0.39, 0.29) is 6.54 Å². The molecule has 3 N–H and O–H groups in total. The first-order valence-corrected chi connectivity index (χ1v) is 7.24. The molecule has 0 radical (unpaired) electrons. The molecule has 1 atom stereocenters. The summed E-state index contributed by atoms with van der Waals surface area (Å²) in [4.78, 5) is 12.0. The fourth-order valence-electron chi connectivity index (χ4n) is 2.15. The third kappa shape index (κ3) is 3.58. The van der Waals surface area contributed by atoms with E-state index in [1.54, 1.807) is 24.3 Å². The SMILES string of the molecule is Cc1ccc(NC(=O)NCC(O)c2ccco2)cc1-n1cnnn1. The van der Waals surface area contributed by atoms with E-state index in [4.69, 9.17) is 4.42 Å². The lowest BCUT2D eigenvalue weighted by atomic mass is 10.2. The quantitative estimate of drug-likeness (QED) is 0.652. The number of anilines is 1. The van der Waals surface area contributed by atoms with Crippen molar-refractivity contribution in [2.45, 2.75) is 13.0 Å². The maximum atomic E-state index is 12.0. The summed E-state index contributed by atoms with van der Waals surface area (Å²) in [6.07, 6.45) is 2.04. The summed E-state index contributed by atoms with van der Waals surface area (Å²) in [6.45, 7) is 1.95. The smallest absolute Gasteiger partial charge is 0.319 e. The van der Waals surface area contributed by atoms with Gasteiger partial charge in [-0.2, -0.15) is 0 Å². The summed E-state index contributed by atoms with van der Waals surface area (Å²) in [6, 6.07) is 8.25. The summed E-state index contributed by atoms with van der Waals surface area (Å²) in [5.41, 5.74) is 2.30. The molecular formula is C15H16N6O3. The number of tetrazole rings is 1. The molecule has 24 heavy (non-hydrogen) atoms. The number of hydrogen-bond acceptors (Lipinski definition) is 6. The Kier molecular flexibility index (Phi) is 4.52. The number of rotatable bonds is 5. The topological polar surface area (TPSA) is 118 Å². The predicted octanol–water partition coefficient (Wildman–Crippen LogP) is 1.42. The number of aliphatic hydroxyl groups excluding tert-OH is 1. The van der Waals surface area contributed by atoms with Crippen LogP contribution in [0.5, 0.6) is 0 Å². The fraction of sp³-hybridized carbons (Fsp3) is 0.200. The second-order valence-electron chi connectivity index (χ2n) is 5.12. The highest BCUT2D eigenvalue weighted by Crippen LogP contribution is 2.18. The van der Waals surface area contributed by atoms with Gasteiger partial charge in [0, 0.05) is 5.69 Å². The van der Waals surface area contributed by atoms with Crippen LogP contribution in [0.3, 0.4) is 0 Å². The monoisotopic (exact) mass is 328 g/mol. The predicted molar refractivity (Wildman–Crippen MR) is 84.6 cm³/mol. The lowest BCUT2D eigenvalue weighted by Crippen LogP contribution is -2.32. The van der Waals surface area contributed by atoms with Crippen molar-refractivity contribution in [1.82, 2.24) is 25.5 Å². The lowest BCUT2D eigenvalue weighted by Gasteiger charge is -2.12. The van der Waals surface area contributed by atoms with Gasteiger partial charge in [0.2, 0.25) is 0 Å². The Morgan fingerprint density at radius 3 is 3.00 bits per heavy atom. The maximum Gasteiger partial charge on any atom is 0.319 e. The van der Waals surface area contributed by atoms with Crippen LogP contribution < -0.4 is 10.6 Å². The minimum Gasteiger partial charge on any atom is -0.467 e. The molecule has 0 fully saturated rings. The fourth-order valence-corrected chi connectivity index (χ4v) is 2.15. The molecule has 9 heteroatoms. The van der Waals surface area contributed by atoms with Gasteiger partial charge in [-0.05, 0) is 47.2 Å². The minimum atomic E-state index is -0.902. The summed E-state index contributed by atoms with van der Waals surface area (Å²) in [7, 11) is 0. The molecule has 0 saturated heterocycles. The highest BCUT2D eigenvalue weighted by Gasteiger charge is 2.12. The zero-order valence-electron chi connectivity index (χ0n) is 12.9. The number of urea groups is 1. The molecule has 0 aliphatic rings. The van der Waals surface area contributed by atoms with Crippen LogP contribution in [0.4, 0.5) is 10.5 Å². The molecule has 9 nitrogen and oxygen atoms in total. The van der Waals surface area contributed by atoms with Crippen molar-refractivity contribution in [1.29, 1.82) is 0 Å². The van der Waals surface area contributed by atoms with Gasteiger partial charge in [-0.3, -0.25) is 0 Å². The average molecular weight is 328 g/mol. The highest BCUT2D eigenvalue weighted by molar-refractivity contribution is 5.89. The zero-order chi connectivity index (χ0) is 16.9. The van der Waals surface area contributed by atoms with Gasteiger partial charge in [-0.15, -0.1) is 5.10 Å². The third-order valence-corrected chi connectivity index (χ3v) is 3.39. The molecule has 2 amide bonds.